The first-order valence-corrected chi connectivity index (χ1v) is 8.42. The lowest BCUT2D eigenvalue weighted by atomic mass is 10.3. The molecular formula is C18H24N2O6. The second-order valence-corrected chi connectivity index (χ2v) is 5.42. The Morgan fingerprint density at radius 3 is 1.81 bits per heavy atom. The first-order valence-electron chi connectivity index (χ1n) is 8.42. The maximum absolute atomic E-state index is 11.3. The van der Waals surface area contributed by atoms with E-state index in [9.17, 15) is 9.59 Å². The topological polar surface area (TPSA) is 100 Å². The Bertz CT molecular complexity index is 584. The van der Waals surface area contributed by atoms with E-state index in [1.165, 1.54) is 12.2 Å². The van der Waals surface area contributed by atoms with Gasteiger partial charge in [-0.25, -0.2) is 0 Å². The zero-order valence-corrected chi connectivity index (χ0v) is 14.6. The van der Waals surface area contributed by atoms with Gasteiger partial charge in [-0.05, 0) is 24.3 Å². The highest BCUT2D eigenvalue weighted by molar-refractivity contribution is 6.12. The molecule has 26 heavy (non-hydrogen) atoms. The fraction of sp³-hybridized carbons (Fsp3) is 0.444. The van der Waals surface area contributed by atoms with E-state index in [0.717, 1.165) is 10.6 Å². The van der Waals surface area contributed by atoms with Crippen molar-refractivity contribution in [2.24, 2.45) is 0 Å². The zero-order valence-electron chi connectivity index (χ0n) is 14.6. The van der Waals surface area contributed by atoms with Crippen LogP contribution in [0.3, 0.4) is 0 Å². The third-order valence-electron chi connectivity index (χ3n) is 3.48. The summed E-state index contributed by atoms with van der Waals surface area (Å²) in [7, 11) is 0. The number of ether oxygens (including phenoxy) is 4. The Kier molecular flexibility index (Phi) is 8.61. The minimum absolute atomic E-state index is 0.252. The zero-order chi connectivity index (χ0) is 18.6. The molecule has 0 aliphatic carbocycles. The van der Waals surface area contributed by atoms with E-state index in [1.54, 1.807) is 12.1 Å². The number of imide groups is 1. The van der Waals surface area contributed by atoms with Gasteiger partial charge in [0.15, 0.2) is 0 Å². The van der Waals surface area contributed by atoms with Crippen LogP contribution in [-0.4, -0.2) is 69.5 Å². The lowest BCUT2D eigenvalue weighted by Crippen LogP contribution is -2.33. The Hall–Kier alpha value is -2.42. The second kappa shape index (κ2) is 11.2. The number of amides is 2. The van der Waals surface area contributed by atoms with E-state index in [-0.39, 0.29) is 18.4 Å². The summed E-state index contributed by atoms with van der Waals surface area (Å²) in [4.78, 5) is 23.7. The quantitative estimate of drug-likeness (QED) is 0.311. The molecule has 0 saturated carbocycles. The van der Waals surface area contributed by atoms with E-state index in [1.807, 2.05) is 12.1 Å². The van der Waals surface area contributed by atoms with Crippen LogP contribution in [0, 0.1) is 0 Å². The van der Waals surface area contributed by atoms with Crippen molar-refractivity contribution in [2.45, 2.75) is 0 Å². The fourth-order valence-electron chi connectivity index (χ4n) is 2.13. The number of hydrogen-bond donors (Lipinski definition) is 1. The summed E-state index contributed by atoms with van der Waals surface area (Å²) < 4.78 is 21.6. The summed E-state index contributed by atoms with van der Waals surface area (Å²) in [5.74, 6) is 0.157. The summed E-state index contributed by atoms with van der Waals surface area (Å²) in [6.45, 7) is 3.20. The molecule has 142 valence electrons. The molecule has 1 aliphatic rings. The highest BCUT2D eigenvalue weighted by Crippen LogP contribution is 2.12. The molecule has 1 heterocycles. The predicted molar refractivity (Wildman–Crippen MR) is 94.7 cm³/mol. The van der Waals surface area contributed by atoms with Gasteiger partial charge in [0.25, 0.3) is 11.8 Å². The molecule has 0 spiro atoms. The van der Waals surface area contributed by atoms with Crippen molar-refractivity contribution in [3.8, 4) is 5.75 Å². The van der Waals surface area contributed by atoms with Gasteiger partial charge in [-0.3, -0.25) is 14.5 Å². The number of nitrogen functional groups attached to an aromatic ring is 1. The van der Waals surface area contributed by atoms with E-state index in [2.05, 4.69) is 0 Å². The van der Waals surface area contributed by atoms with Crippen LogP contribution in [0.5, 0.6) is 5.75 Å². The molecule has 2 rings (SSSR count). The molecule has 0 radical (unpaired) electrons. The van der Waals surface area contributed by atoms with Crippen molar-refractivity contribution in [1.29, 1.82) is 0 Å². The van der Waals surface area contributed by atoms with Crippen LogP contribution < -0.4 is 10.5 Å². The van der Waals surface area contributed by atoms with Crippen LogP contribution in [0.2, 0.25) is 0 Å². The first kappa shape index (κ1) is 19.9. The molecule has 2 amide bonds. The second-order valence-electron chi connectivity index (χ2n) is 5.42. The lowest BCUT2D eigenvalue weighted by molar-refractivity contribution is -0.137. The van der Waals surface area contributed by atoms with Crippen LogP contribution in [0.15, 0.2) is 36.4 Å². The van der Waals surface area contributed by atoms with Gasteiger partial charge in [-0.1, -0.05) is 0 Å². The molecule has 0 saturated heterocycles. The van der Waals surface area contributed by atoms with E-state index >= 15 is 0 Å². The minimum Gasteiger partial charge on any atom is -0.491 e. The van der Waals surface area contributed by atoms with Crippen molar-refractivity contribution in [3.63, 3.8) is 0 Å². The van der Waals surface area contributed by atoms with Crippen molar-refractivity contribution in [2.75, 3.05) is 58.5 Å². The summed E-state index contributed by atoms with van der Waals surface area (Å²) in [6, 6.07) is 7.18. The SMILES string of the molecule is Nc1ccc(OCCOCCOCCOCCN2C(=O)C=CC2=O)cc1. The molecule has 2 N–H and O–H groups in total. The monoisotopic (exact) mass is 364 g/mol. The average Bonchev–Trinajstić information content (AvgIpc) is 2.96. The normalized spacial score (nSPS) is 13.6. The van der Waals surface area contributed by atoms with Gasteiger partial charge in [0.1, 0.15) is 12.4 Å². The molecule has 1 aromatic rings. The first-order chi connectivity index (χ1) is 12.7. The average molecular weight is 364 g/mol. The molecule has 1 aliphatic heterocycles. The number of carbonyl (C=O) groups excluding carboxylic acids is 2. The smallest absolute Gasteiger partial charge is 0.253 e. The molecule has 0 fully saturated rings. The van der Waals surface area contributed by atoms with Crippen LogP contribution in [0.25, 0.3) is 0 Å². The third-order valence-corrected chi connectivity index (χ3v) is 3.48. The summed E-state index contributed by atoms with van der Waals surface area (Å²) in [5, 5.41) is 0. The van der Waals surface area contributed by atoms with Crippen LogP contribution in [-0.2, 0) is 23.8 Å². The standard InChI is InChI=1S/C18H24N2O6/c19-15-1-3-16(4-2-15)26-14-13-25-12-11-24-10-9-23-8-7-20-17(21)5-6-18(20)22/h1-6H,7-14,19H2. The summed E-state index contributed by atoms with van der Waals surface area (Å²) in [6.07, 6.45) is 2.51. The number of nitrogens with two attached hydrogens (primary N) is 1. The van der Waals surface area contributed by atoms with E-state index in [0.29, 0.717) is 51.9 Å². The Morgan fingerprint density at radius 2 is 1.23 bits per heavy atom. The minimum atomic E-state index is -0.299. The molecular weight excluding hydrogens is 340 g/mol. The van der Waals surface area contributed by atoms with Gasteiger partial charge >= 0.3 is 0 Å². The molecule has 8 nitrogen and oxygen atoms in total. The summed E-state index contributed by atoms with van der Waals surface area (Å²) >= 11 is 0. The highest BCUT2D eigenvalue weighted by atomic mass is 16.6. The Balaban J connectivity index is 1.34. The van der Waals surface area contributed by atoms with Gasteiger partial charge < -0.3 is 24.7 Å². The van der Waals surface area contributed by atoms with Crippen molar-refractivity contribution >= 4 is 17.5 Å². The largest absolute Gasteiger partial charge is 0.491 e. The van der Waals surface area contributed by atoms with Gasteiger partial charge in [0, 0.05) is 17.8 Å². The van der Waals surface area contributed by atoms with Crippen molar-refractivity contribution in [1.82, 2.24) is 4.90 Å². The van der Waals surface area contributed by atoms with Gasteiger partial charge in [0.05, 0.1) is 46.2 Å². The van der Waals surface area contributed by atoms with Gasteiger partial charge in [-0.2, -0.15) is 0 Å². The van der Waals surface area contributed by atoms with Crippen LogP contribution >= 0.6 is 0 Å². The maximum atomic E-state index is 11.3. The van der Waals surface area contributed by atoms with Crippen molar-refractivity contribution in [3.05, 3.63) is 36.4 Å². The summed E-state index contributed by atoms with van der Waals surface area (Å²) in [5.41, 5.74) is 6.29. The lowest BCUT2D eigenvalue weighted by Gasteiger charge is -2.13. The molecule has 0 bridgehead atoms. The highest BCUT2D eigenvalue weighted by Gasteiger charge is 2.22. The maximum Gasteiger partial charge on any atom is 0.253 e. The molecule has 0 atom stereocenters. The molecule has 1 aromatic carbocycles. The number of hydrogen-bond acceptors (Lipinski definition) is 7. The molecule has 8 heteroatoms. The number of nitrogens with zero attached hydrogens (tertiary/aromatic N) is 1. The molecule has 0 aromatic heterocycles. The van der Waals surface area contributed by atoms with Crippen LogP contribution in [0.4, 0.5) is 5.69 Å². The van der Waals surface area contributed by atoms with Crippen molar-refractivity contribution < 1.29 is 28.5 Å². The van der Waals surface area contributed by atoms with E-state index < -0.39 is 0 Å². The van der Waals surface area contributed by atoms with Gasteiger partial charge in [0.2, 0.25) is 0 Å². The third kappa shape index (κ3) is 7.22. The van der Waals surface area contributed by atoms with Crippen LogP contribution in [0.1, 0.15) is 0 Å². The Morgan fingerprint density at radius 1 is 0.731 bits per heavy atom. The number of rotatable bonds is 13. The van der Waals surface area contributed by atoms with E-state index in [4.69, 9.17) is 24.7 Å². The molecule has 0 unspecified atom stereocenters. The number of benzene rings is 1. The number of anilines is 1. The number of carbonyl (C=O) groups is 2. The Labute approximate surface area is 152 Å². The van der Waals surface area contributed by atoms with Gasteiger partial charge in [-0.15, -0.1) is 0 Å². The predicted octanol–water partition coefficient (Wildman–Crippen LogP) is 0.622. The fourth-order valence-corrected chi connectivity index (χ4v) is 2.13.